The highest BCUT2D eigenvalue weighted by atomic mass is 16.5. The molecule has 0 spiro atoms. The minimum Gasteiger partial charge on any atom is -0.481 e. The predicted octanol–water partition coefficient (Wildman–Crippen LogP) is 3.06. The zero-order valence-corrected chi connectivity index (χ0v) is 12.4. The minimum absolute atomic E-state index is 0.383. The molecule has 0 aliphatic heterocycles. The highest BCUT2D eigenvalue weighted by Gasteiger charge is 2.13. The largest absolute Gasteiger partial charge is 0.481 e. The van der Waals surface area contributed by atoms with Gasteiger partial charge in [-0.15, -0.1) is 0 Å². The average Bonchev–Trinajstić information content (AvgIpc) is 2.99. The van der Waals surface area contributed by atoms with Crippen LogP contribution < -0.4 is 4.74 Å². The SMILES string of the molecule is COc1ccc(-n2nc(C=O)cc2-c2ccccc2C)cn1. The van der Waals surface area contributed by atoms with Crippen LogP contribution in [0.5, 0.6) is 5.88 Å². The summed E-state index contributed by atoms with van der Waals surface area (Å²) in [7, 11) is 1.57. The molecule has 0 N–H and O–H groups in total. The van der Waals surface area contributed by atoms with Gasteiger partial charge in [-0.05, 0) is 24.6 Å². The highest BCUT2D eigenvalue weighted by molar-refractivity contribution is 5.77. The van der Waals surface area contributed by atoms with E-state index in [9.17, 15) is 4.79 Å². The number of pyridine rings is 1. The first kappa shape index (κ1) is 14.0. The van der Waals surface area contributed by atoms with Gasteiger partial charge in [0.1, 0.15) is 5.69 Å². The Morgan fingerprint density at radius 3 is 2.64 bits per heavy atom. The summed E-state index contributed by atoms with van der Waals surface area (Å²) in [5.74, 6) is 0.531. The summed E-state index contributed by atoms with van der Waals surface area (Å²) in [6.07, 6.45) is 2.41. The molecule has 2 aromatic heterocycles. The summed E-state index contributed by atoms with van der Waals surface area (Å²) in [6.45, 7) is 2.03. The Labute approximate surface area is 128 Å². The number of aromatic nitrogens is 3. The van der Waals surface area contributed by atoms with Gasteiger partial charge < -0.3 is 4.74 Å². The Balaban J connectivity index is 2.16. The predicted molar refractivity (Wildman–Crippen MR) is 83.5 cm³/mol. The molecule has 0 fully saturated rings. The van der Waals surface area contributed by atoms with Crippen LogP contribution in [0.15, 0.2) is 48.7 Å². The number of ether oxygens (including phenoxy) is 1. The standard InChI is InChI=1S/C17H15N3O2/c1-12-5-3-4-6-15(12)16-9-13(11-21)19-20(16)14-7-8-17(22-2)18-10-14/h3-11H,1-2H3. The Kier molecular flexibility index (Phi) is 3.70. The number of carbonyl (C=O) groups excluding carboxylic acids is 1. The van der Waals surface area contributed by atoms with Crippen molar-refractivity contribution in [2.75, 3.05) is 7.11 Å². The van der Waals surface area contributed by atoms with Gasteiger partial charge in [-0.3, -0.25) is 4.79 Å². The van der Waals surface area contributed by atoms with Crippen LogP contribution in [-0.2, 0) is 0 Å². The lowest BCUT2D eigenvalue weighted by Crippen LogP contribution is -2.01. The van der Waals surface area contributed by atoms with E-state index in [-0.39, 0.29) is 0 Å². The minimum atomic E-state index is 0.383. The first-order valence-corrected chi connectivity index (χ1v) is 6.84. The summed E-state index contributed by atoms with van der Waals surface area (Å²) in [6, 6.07) is 13.4. The van der Waals surface area contributed by atoms with Crippen LogP contribution in [0.3, 0.4) is 0 Å². The van der Waals surface area contributed by atoms with Crippen molar-refractivity contribution in [2.24, 2.45) is 0 Å². The van der Waals surface area contributed by atoms with Gasteiger partial charge in [0.25, 0.3) is 0 Å². The number of benzene rings is 1. The molecule has 5 heteroatoms. The fourth-order valence-electron chi connectivity index (χ4n) is 2.32. The van der Waals surface area contributed by atoms with Crippen molar-refractivity contribution in [1.82, 2.24) is 14.8 Å². The van der Waals surface area contributed by atoms with Gasteiger partial charge in [-0.2, -0.15) is 5.10 Å². The summed E-state index contributed by atoms with van der Waals surface area (Å²) in [5, 5.41) is 4.34. The monoisotopic (exact) mass is 293 g/mol. The first-order chi connectivity index (χ1) is 10.7. The van der Waals surface area contributed by atoms with E-state index >= 15 is 0 Å². The zero-order valence-electron chi connectivity index (χ0n) is 12.4. The van der Waals surface area contributed by atoms with Crippen LogP contribution in [0, 0.1) is 6.92 Å². The summed E-state index contributed by atoms with van der Waals surface area (Å²) in [5.41, 5.74) is 4.15. The number of nitrogens with zero attached hydrogens (tertiary/aromatic N) is 3. The number of hydrogen-bond acceptors (Lipinski definition) is 4. The fraction of sp³-hybridized carbons (Fsp3) is 0.118. The van der Waals surface area contributed by atoms with E-state index in [0.29, 0.717) is 11.6 Å². The Bertz CT molecular complexity index is 807. The first-order valence-electron chi connectivity index (χ1n) is 6.84. The number of carbonyl (C=O) groups is 1. The van der Waals surface area contributed by atoms with Gasteiger partial charge in [0.05, 0.1) is 24.7 Å². The van der Waals surface area contributed by atoms with Gasteiger partial charge in [-0.25, -0.2) is 9.67 Å². The van der Waals surface area contributed by atoms with E-state index in [0.717, 1.165) is 28.8 Å². The third-order valence-electron chi connectivity index (χ3n) is 3.44. The highest BCUT2D eigenvalue weighted by Crippen LogP contribution is 2.26. The van der Waals surface area contributed by atoms with Crippen LogP contribution in [0.25, 0.3) is 16.9 Å². The van der Waals surface area contributed by atoms with Crippen LogP contribution in [0.4, 0.5) is 0 Å². The molecular formula is C17H15N3O2. The number of hydrogen-bond donors (Lipinski definition) is 0. The molecule has 0 atom stereocenters. The maximum Gasteiger partial charge on any atom is 0.213 e. The Morgan fingerprint density at radius 2 is 2.00 bits per heavy atom. The van der Waals surface area contributed by atoms with Gasteiger partial charge in [0, 0.05) is 11.6 Å². The normalized spacial score (nSPS) is 10.5. The number of methoxy groups -OCH3 is 1. The van der Waals surface area contributed by atoms with Gasteiger partial charge in [0.15, 0.2) is 6.29 Å². The van der Waals surface area contributed by atoms with E-state index in [4.69, 9.17) is 4.74 Å². The molecule has 0 saturated carbocycles. The van der Waals surface area contributed by atoms with Gasteiger partial charge in [0.2, 0.25) is 5.88 Å². The van der Waals surface area contributed by atoms with Crippen LogP contribution in [0.2, 0.25) is 0 Å². The quantitative estimate of drug-likeness (QED) is 0.694. The summed E-state index contributed by atoms with van der Waals surface area (Å²) in [4.78, 5) is 15.3. The molecular weight excluding hydrogens is 278 g/mol. The van der Waals surface area contributed by atoms with Crippen molar-refractivity contribution < 1.29 is 9.53 Å². The average molecular weight is 293 g/mol. The molecule has 2 heterocycles. The molecule has 0 bridgehead atoms. The van der Waals surface area contributed by atoms with Crippen molar-refractivity contribution in [3.8, 4) is 22.8 Å². The molecule has 3 aromatic rings. The zero-order chi connectivity index (χ0) is 15.5. The summed E-state index contributed by atoms with van der Waals surface area (Å²) < 4.78 is 6.79. The van der Waals surface area contributed by atoms with Gasteiger partial charge >= 0.3 is 0 Å². The van der Waals surface area contributed by atoms with E-state index in [2.05, 4.69) is 10.1 Å². The molecule has 5 nitrogen and oxygen atoms in total. The van der Waals surface area contributed by atoms with Crippen LogP contribution in [0.1, 0.15) is 16.1 Å². The van der Waals surface area contributed by atoms with Crippen molar-refractivity contribution in [3.05, 3.63) is 59.9 Å². The molecule has 1 aromatic carbocycles. The van der Waals surface area contributed by atoms with Crippen LogP contribution in [-0.4, -0.2) is 28.2 Å². The maximum absolute atomic E-state index is 11.1. The number of rotatable bonds is 4. The molecule has 0 aliphatic carbocycles. The molecule has 0 saturated heterocycles. The van der Waals surface area contributed by atoms with Crippen molar-refractivity contribution in [3.63, 3.8) is 0 Å². The van der Waals surface area contributed by atoms with Gasteiger partial charge in [-0.1, -0.05) is 24.3 Å². The van der Waals surface area contributed by atoms with E-state index in [1.165, 1.54) is 0 Å². The second-order valence-electron chi connectivity index (χ2n) is 4.86. The lowest BCUT2D eigenvalue weighted by molar-refractivity contribution is 0.111. The van der Waals surface area contributed by atoms with Crippen LogP contribution >= 0.6 is 0 Å². The second kappa shape index (κ2) is 5.81. The molecule has 110 valence electrons. The molecule has 3 rings (SSSR count). The molecule has 0 aliphatic rings. The number of aryl methyl sites for hydroxylation is 1. The third kappa shape index (κ3) is 2.48. The van der Waals surface area contributed by atoms with Crippen molar-refractivity contribution in [2.45, 2.75) is 6.92 Å². The lowest BCUT2D eigenvalue weighted by atomic mass is 10.1. The van der Waals surface area contributed by atoms with Crippen molar-refractivity contribution in [1.29, 1.82) is 0 Å². The summed E-state index contributed by atoms with van der Waals surface area (Å²) >= 11 is 0. The molecule has 0 unspecified atom stereocenters. The lowest BCUT2D eigenvalue weighted by Gasteiger charge is -2.09. The van der Waals surface area contributed by atoms with Crippen molar-refractivity contribution >= 4 is 6.29 Å². The van der Waals surface area contributed by atoms with E-state index in [1.807, 2.05) is 37.3 Å². The fourth-order valence-corrected chi connectivity index (χ4v) is 2.32. The second-order valence-corrected chi connectivity index (χ2v) is 4.86. The topological polar surface area (TPSA) is 57.0 Å². The maximum atomic E-state index is 11.1. The number of aldehydes is 1. The third-order valence-corrected chi connectivity index (χ3v) is 3.44. The van der Waals surface area contributed by atoms with E-state index in [1.54, 1.807) is 30.1 Å². The molecule has 0 amide bonds. The van der Waals surface area contributed by atoms with E-state index < -0.39 is 0 Å². The molecule has 22 heavy (non-hydrogen) atoms. The Hall–Kier alpha value is -2.95. The molecule has 0 radical (unpaired) electrons. The Morgan fingerprint density at radius 1 is 1.18 bits per heavy atom. The smallest absolute Gasteiger partial charge is 0.213 e.